The number of esters is 1. The third-order valence-corrected chi connectivity index (χ3v) is 9.72. The number of para-hydroxylation sites is 1. The molecule has 1 aliphatic carbocycles. The number of benzene rings is 3. The fourth-order valence-corrected chi connectivity index (χ4v) is 7.41. The summed E-state index contributed by atoms with van der Waals surface area (Å²) >= 11 is 3.37. The molecule has 10 heteroatoms. The van der Waals surface area contributed by atoms with E-state index < -0.39 is 32.7 Å². The van der Waals surface area contributed by atoms with Gasteiger partial charge in [-0.2, -0.15) is 10.5 Å². The molecule has 1 saturated carbocycles. The van der Waals surface area contributed by atoms with Crippen LogP contribution in [0, 0.1) is 35.0 Å². The van der Waals surface area contributed by atoms with E-state index in [0.717, 1.165) is 14.3 Å². The zero-order valence-electron chi connectivity index (χ0n) is 21.5. The summed E-state index contributed by atoms with van der Waals surface area (Å²) in [5.74, 6) is -1.65. The molecule has 1 aliphatic heterocycles. The second-order valence-corrected chi connectivity index (χ2v) is 12.3. The predicted molar refractivity (Wildman–Crippen MR) is 150 cm³/mol. The lowest BCUT2D eigenvalue weighted by atomic mass is 9.77. The third-order valence-electron chi connectivity index (χ3n) is 7.48. The summed E-state index contributed by atoms with van der Waals surface area (Å²) in [5, 5.41) is 20.0. The molecule has 0 radical (unpaired) electrons. The van der Waals surface area contributed by atoms with Gasteiger partial charge in [-0.05, 0) is 61.7 Å². The molecule has 2 atom stereocenters. The van der Waals surface area contributed by atoms with Crippen LogP contribution >= 0.6 is 15.9 Å². The number of anilines is 1. The second kappa shape index (κ2) is 9.74. The number of ether oxygens (including phenoxy) is 1. The first-order valence-electron chi connectivity index (χ1n) is 12.3. The van der Waals surface area contributed by atoms with Crippen molar-refractivity contribution in [2.24, 2.45) is 5.41 Å². The Morgan fingerprint density at radius 2 is 1.65 bits per heavy atom. The second-order valence-electron chi connectivity index (χ2n) is 9.59. The Hall–Kier alpha value is -4.25. The zero-order chi connectivity index (χ0) is 28.9. The van der Waals surface area contributed by atoms with Crippen molar-refractivity contribution in [3.05, 3.63) is 99.5 Å². The highest BCUT2D eigenvalue weighted by Crippen LogP contribution is 2.75. The van der Waals surface area contributed by atoms with E-state index in [9.17, 15) is 28.5 Å². The van der Waals surface area contributed by atoms with Gasteiger partial charge in [-0.3, -0.25) is 9.59 Å². The number of nitriles is 2. The highest BCUT2D eigenvalue weighted by molar-refractivity contribution is 9.10. The molecule has 40 heavy (non-hydrogen) atoms. The van der Waals surface area contributed by atoms with E-state index in [2.05, 4.69) is 15.9 Å². The van der Waals surface area contributed by atoms with Gasteiger partial charge < -0.3 is 4.74 Å². The number of nitrogens with zero attached hydrogens (tertiary/aromatic N) is 3. The van der Waals surface area contributed by atoms with Crippen molar-refractivity contribution >= 4 is 49.1 Å². The van der Waals surface area contributed by atoms with Crippen molar-refractivity contribution in [1.29, 1.82) is 10.5 Å². The number of carbonyl (C=O) groups is 2. The van der Waals surface area contributed by atoms with Crippen molar-refractivity contribution in [2.45, 2.75) is 30.6 Å². The average Bonchev–Trinajstić information content (AvgIpc) is 3.57. The Morgan fingerprint density at radius 1 is 1.02 bits per heavy atom. The van der Waals surface area contributed by atoms with E-state index in [1.807, 2.05) is 19.1 Å². The Labute approximate surface area is 240 Å². The molecule has 0 aromatic heterocycles. The van der Waals surface area contributed by atoms with E-state index in [4.69, 9.17) is 4.74 Å². The van der Waals surface area contributed by atoms with Crippen LogP contribution in [0.5, 0.6) is 0 Å². The smallest absolute Gasteiger partial charge is 0.318 e. The Balaban J connectivity index is 1.81. The van der Waals surface area contributed by atoms with Gasteiger partial charge in [-0.15, -0.1) is 0 Å². The average molecular weight is 616 g/mol. The summed E-state index contributed by atoms with van der Waals surface area (Å²) in [7, 11) is -4.39. The molecule has 0 unspecified atom stereocenters. The first-order chi connectivity index (χ1) is 19.1. The molecule has 0 N–H and O–H groups in total. The quantitative estimate of drug-likeness (QED) is 0.276. The van der Waals surface area contributed by atoms with Crippen LogP contribution in [0.15, 0.2) is 87.7 Å². The van der Waals surface area contributed by atoms with Crippen LogP contribution < -0.4 is 4.31 Å². The summed E-state index contributed by atoms with van der Waals surface area (Å²) in [4.78, 5) is 28.3. The molecule has 0 bridgehead atoms. The number of rotatable bonds is 6. The van der Waals surface area contributed by atoms with Crippen LogP contribution in [-0.2, 0) is 29.8 Å². The molecule has 5 rings (SSSR count). The molecule has 8 nitrogen and oxygen atoms in total. The minimum absolute atomic E-state index is 0.0278. The summed E-state index contributed by atoms with van der Waals surface area (Å²) in [6, 6.07) is 22.9. The number of halogens is 1. The molecule has 2 aliphatic rings. The molecular formula is C30H22BrN3O5S. The van der Waals surface area contributed by atoms with Gasteiger partial charge in [-0.25, -0.2) is 12.7 Å². The number of amides is 1. The summed E-state index contributed by atoms with van der Waals surface area (Å²) in [6.07, 6.45) is -0.174. The first-order valence-corrected chi connectivity index (χ1v) is 14.6. The molecule has 1 fully saturated rings. The standard InChI is InChI=1S/C30H22BrN3O5S/c1-3-39-28(36)30(26(21(16-32)17-33)20-10-12-22(31)13-11-20)18-29(30)24-6-4-5-7-25(24)34(27(29)35)40(37,38)23-14-8-19(2)9-15-23/h4-15H,3,18H2,1-2H3/t29-,30-/m0/s1. The number of carbonyl (C=O) groups excluding carboxylic acids is 2. The minimum Gasteiger partial charge on any atom is -0.465 e. The molecule has 1 amide bonds. The fourth-order valence-electron chi connectivity index (χ4n) is 5.66. The predicted octanol–water partition coefficient (Wildman–Crippen LogP) is 5.18. The lowest BCUT2D eigenvalue weighted by molar-refractivity contribution is -0.149. The first kappa shape index (κ1) is 27.3. The molecular weight excluding hydrogens is 594 g/mol. The molecule has 0 saturated heterocycles. The van der Waals surface area contributed by atoms with Crippen LogP contribution in [0.2, 0.25) is 0 Å². The topological polar surface area (TPSA) is 128 Å². The monoisotopic (exact) mass is 615 g/mol. The molecule has 1 heterocycles. The van der Waals surface area contributed by atoms with Crippen molar-refractivity contribution in [1.82, 2.24) is 0 Å². The van der Waals surface area contributed by atoms with Gasteiger partial charge in [-0.1, -0.05) is 64.0 Å². The highest BCUT2D eigenvalue weighted by Gasteiger charge is 2.83. The Kier molecular flexibility index (Phi) is 6.65. The van der Waals surface area contributed by atoms with Crippen LogP contribution in [0.3, 0.4) is 0 Å². The van der Waals surface area contributed by atoms with Crippen molar-refractivity contribution in [3.63, 3.8) is 0 Å². The SMILES string of the molecule is CCOC(=O)[C@@]1(C(=C(C#N)C#N)c2ccc(Br)cc2)C[C@]12C(=O)N(S(=O)(=O)c1ccc(C)cc1)c1ccccc12. The lowest BCUT2D eigenvalue weighted by Gasteiger charge is -2.25. The molecule has 3 aromatic rings. The van der Waals surface area contributed by atoms with E-state index in [1.165, 1.54) is 18.2 Å². The van der Waals surface area contributed by atoms with Gasteiger partial charge in [0, 0.05) is 10.0 Å². The number of aryl methyl sites for hydroxylation is 1. The normalized spacial score (nSPS) is 20.8. The van der Waals surface area contributed by atoms with Gasteiger partial charge in [0.2, 0.25) is 0 Å². The van der Waals surface area contributed by atoms with Crippen LogP contribution in [-0.4, -0.2) is 26.9 Å². The van der Waals surface area contributed by atoms with E-state index in [0.29, 0.717) is 11.1 Å². The maximum Gasteiger partial charge on any atom is 0.318 e. The van der Waals surface area contributed by atoms with Crippen molar-refractivity contribution in [3.8, 4) is 12.1 Å². The van der Waals surface area contributed by atoms with Crippen LogP contribution in [0.1, 0.15) is 30.0 Å². The summed E-state index contributed by atoms with van der Waals surface area (Å²) in [6.45, 7) is 3.40. The van der Waals surface area contributed by atoms with Gasteiger partial charge in [0.15, 0.2) is 0 Å². The lowest BCUT2D eigenvalue weighted by Crippen LogP contribution is -2.41. The maximum atomic E-state index is 14.5. The molecule has 1 spiro atoms. The maximum absolute atomic E-state index is 14.5. The van der Waals surface area contributed by atoms with Crippen LogP contribution in [0.4, 0.5) is 5.69 Å². The van der Waals surface area contributed by atoms with Gasteiger partial charge in [0.1, 0.15) is 23.1 Å². The van der Waals surface area contributed by atoms with Crippen molar-refractivity contribution < 1.29 is 22.7 Å². The van der Waals surface area contributed by atoms with Gasteiger partial charge in [0.25, 0.3) is 15.9 Å². The largest absolute Gasteiger partial charge is 0.465 e. The summed E-state index contributed by atoms with van der Waals surface area (Å²) < 4.78 is 34.8. The third kappa shape index (κ3) is 3.71. The number of fused-ring (bicyclic) bond motifs is 2. The minimum atomic E-state index is -4.39. The van der Waals surface area contributed by atoms with E-state index >= 15 is 0 Å². The number of hydrogen-bond acceptors (Lipinski definition) is 7. The van der Waals surface area contributed by atoms with E-state index in [1.54, 1.807) is 61.5 Å². The van der Waals surface area contributed by atoms with Gasteiger partial charge in [0.05, 0.1) is 22.6 Å². The van der Waals surface area contributed by atoms with Crippen molar-refractivity contribution in [2.75, 3.05) is 10.9 Å². The summed E-state index contributed by atoms with van der Waals surface area (Å²) in [5.41, 5.74) is -2.22. The van der Waals surface area contributed by atoms with E-state index in [-0.39, 0.29) is 34.8 Å². The molecule has 200 valence electrons. The number of hydrogen-bond donors (Lipinski definition) is 0. The molecule has 3 aromatic carbocycles. The number of allylic oxidation sites excluding steroid dienone is 1. The number of sulfonamides is 1. The van der Waals surface area contributed by atoms with Crippen LogP contribution in [0.25, 0.3) is 5.57 Å². The Morgan fingerprint density at radius 3 is 2.25 bits per heavy atom. The fraction of sp³-hybridized carbons (Fsp3) is 0.200. The zero-order valence-corrected chi connectivity index (χ0v) is 23.9. The Bertz CT molecular complexity index is 1770. The highest BCUT2D eigenvalue weighted by atomic mass is 79.9. The van der Waals surface area contributed by atoms with Gasteiger partial charge >= 0.3 is 5.97 Å².